The number of ether oxygens (including phenoxy) is 1. The molecular weight excluding hydrogens is 352 g/mol. The molecule has 0 aliphatic carbocycles. The van der Waals surface area contributed by atoms with E-state index in [0.29, 0.717) is 16.3 Å². The van der Waals surface area contributed by atoms with Crippen LogP contribution in [0.2, 0.25) is 5.02 Å². The molecule has 0 saturated heterocycles. The minimum absolute atomic E-state index is 0.144. The van der Waals surface area contributed by atoms with Crippen LogP contribution in [-0.2, 0) is 0 Å². The van der Waals surface area contributed by atoms with Crippen LogP contribution in [0.1, 0.15) is 17.2 Å². The lowest BCUT2D eigenvalue weighted by Crippen LogP contribution is -2.17. The van der Waals surface area contributed by atoms with Gasteiger partial charge in [-0.2, -0.15) is 0 Å². The quantitative estimate of drug-likeness (QED) is 0.820. The van der Waals surface area contributed by atoms with Gasteiger partial charge in [-0.15, -0.1) is 0 Å². The van der Waals surface area contributed by atoms with Crippen molar-refractivity contribution in [3.63, 3.8) is 0 Å². The first-order valence-electron chi connectivity index (χ1n) is 5.68. The second-order valence-electron chi connectivity index (χ2n) is 4.12. The lowest BCUT2D eigenvalue weighted by molar-refractivity contribution is 0.406. The number of halogens is 4. The summed E-state index contributed by atoms with van der Waals surface area (Å²) in [5, 5.41) is 0.409. The van der Waals surface area contributed by atoms with Gasteiger partial charge >= 0.3 is 0 Å². The van der Waals surface area contributed by atoms with Crippen molar-refractivity contribution in [1.82, 2.24) is 0 Å². The van der Waals surface area contributed by atoms with E-state index in [1.54, 1.807) is 12.1 Å². The van der Waals surface area contributed by atoms with Gasteiger partial charge in [0.25, 0.3) is 0 Å². The summed E-state index contributed by atoms with van der Waals surface area (Å²) in [7, 11) is 1.45. The zero-order chi connectivity index (χ0) is 14.9. The van der Waals surface area contributed by atoms with Crippen molar-refractivity contribution in [3.05, 3.63) is 62.6 Å². The van der Waals surface area contributed by atoms with Gasteiger partial charge in [0, 0.05) is 16.1 Å². The van der Waals surface area contributed by atoms with E-state index in [9.17, 15) is 8.78 Å². The highest BCUT2D eigenvalue weighted by Gasteiger charge is 2.23. The summed E-state index contributed by atoms with van der Waals surface area (Å²) in [5.74, 6) is -1.04. The number of hydrogen-bond donors (Lipinski definition) is 1. The molecule has 0 aliphatic heterocycles. The van der Waals surface area contributed by atoms with E-state index in [-0.39, 0.29) is 10.0 Å². The van der Waals surface area contributed by atoms with E-state index in [2.05, 4.69) is 15.9 Å². The van der Waals surface area contributed by atoms with Crippen LogP contribution in [0.5, 0.6) is 5.75 Å². The Morgan fingerprint density at radius 1 is 1.25 bits per heavy atom. The third-order valence-electron chi connectivity index (χ3n) is 2.92. The smallest absolute Gasteiger partial charge is 0.145 e. The van der Waals surface area contributed by atoms with Crippen molar-refractivity contribution in [1.29, 1.82) is 0 Å². The first kappa shape index (κ1) is 15.2. The predicted octanol–water partition coefficient (Wildman–Crippen LogP) is 4.44. The van der Waals surface area contributed by atoms with Crippen molar-refractivity contribution in [2.45, 2.75) is 6.04 Å². The molecule has 2 aromatic rings. The van der Waals surface area contributed by atoms with E-state index in [1.807, 2.05) is 0 Å². The Morgan fingerprint density at radius 2 is 1.95 bits per heavy atom. The van der Waals surface area contributed by atoms with E-state index >= 15 is 0 Å². The molecule has 1 atom stereocenters. The molecule has 2 rings (SSSR count). The molecule has 0 spiro atoms. The standard InChI is InChI=1S/C14H11BrClF2NO/c1-20-11-5-2-7(16)6-8(11)14(19)12-10(17)4-3-9(15)13(12)18/h2-6,14H,19H2,1H3. The SMILES string of the molecule is COc1ccc(Cl)cc1C(N)c1c(F)ccc(Br)c1F. The average molecular weight is 363 g/mol. The normalized spacial score (nSPS) is 12.3. The molecule has 0 aromatic heterocycles. The minimum Gasteiger partial charge on any atom is -0.496 e. The molecule has 0 aliphatic rings. The van der Waals surface area contributed by atoms with Gasteiger partial charge < -0.3 is 10.5 Å². The number of rotatable bonds is 3. The highest BCUT2D eigenvalue weighted by molar-refractivity contribution is 9.10. The topological polar surface area (TPSA) is 35.2 Å². The number of benzene rings is 2. The fourth-order valence-electron chi connectivity index (χ4n) is 1.93. The molecule has 2 nitrogen and oxygen atoms in total. The Labute approximate surface area is 128 Å². The molecule has 0 bridgehead atoms. The first-order chi connectivity index (χ1) is 9.45. The molecule has 20 heavy (non-hydrogen) atoms. The Balaban J connectivity index is 2.60. The van der Waals surface area contributed by atoms with Crippen LogP contribution in [0.3, 0.4) is 0 Å². The van der Waals surface area contributed by atoms with Crippen LogP contribution in [0.25, 0.3) is 0 Å². The summed E-state index contributed by atoms with van der Waals surface area (Å²) >= 11 is 8.92. The molecule has 1 unspecified atom stereocenters. The van der Waals surface area contributed by atoms with Crippen molar-refractivity contribution >= 4 is 27.5 Å². The third-order valence-corrected chi connectivity index (χ3v) is 3.76. The Hall–Kier alpha value is -1.17. The van der Waals surface area contributed by atoms with Gasteiger partial charge in [0.05, 0.1) is 17.6 Å². The van der Waals surface area contributed by atoms with Crippen molar-refractivity contribution < 1.29 is 13.5 Å². The van der Waals surface area contributed by atoms with Crippen molar-refractivity contribution in [2.24, 2.45) is 5.73 Å². The maximum absolute atomic E-state index is 14.1. The zero-order valence-corrected chi connectivity index (χ0v) is 12.8. The van der Waals surface area contributed by atoms with Gasteiger partial charge in [-0.25, -0.2) is 8.78 Å². The zero-order valence-electron chi connectivity index (χ0n) is 10.5. The van der Waals surface area contributed by atoms with Gasteiger partial charge in [0.1, 0.15) is 17.4 Å². The molecule has 0 fully saturated rings. The monoisotopic (exact) mass is 361 g/mol. The largest absolute Gasteiger partial charge is 0.496 e. The minimum atomic E-state index is -1.03. The van der Waals surface area contributed by atoms with E-state index < -0.39 is 17.7 Å². The Kier molecular flexibility index (Phi) is 4.62. The highest BCUT2D eigenvalue weighted by Crippen LogP contribution is 2.34. The second kappa shape index (κ2) is 6.08. The molecule has 0 heterocycles. The Bertz CT molecular complexity index is 651. The van der Waals surface area contributed by atoms with Gasteiger partial charge in [-0.05, 0) is 46.3 Å². The molecule has 0 amide bonds. The molecule has 106 valence electrons. The summed E-state index contributed by atoms with van der Waals surface area (Å²) < 4.78 is 33.3. The number of methoxy groups -OCH3 is 1. The summed E-state index contributed by atoms with van der Waals surface area (Å²) in [5.41, 5.74) is 6.17. The van der Waals surface area contributed by atoms with Crippen LogP contribution in [0.4, 0.5) is 8.78 Å². The van der Waals surface area contributed by atoms with Gasteiger partial charge in [-0.3, -0.25) is 0 Å². The fraction of sp³-hybridized carbons (Fsp3) is 0.143. The van der Waals surface area contributed by atoms with Crippen molar-refractivity contribution in [3.8, 4) is 5.75 Å². The molecule has 0 saturated carbocycles. The number of hydrogen-bond acceptors (Lipinski definition) is 2. The second-order valence-corrected chi connectivity index (χ2v) is 5.41. The summed E-state index contributed by atoms with van der Waals surface area (Å²) in [6.45, 7) is 0. The summed E-state index contributed by atoms with van der Waals surface area (Å²) in [4.78, 5) is 0. The average Bonchev–Trinajstić information content (AvgIpc) is 2.43. The van der Waals surface area contributed by atoms with E-state index in [4.69, 9.17) is 22.1 Å². The molecule has 0 radical (unpaired) electrons. The van der Waals surface area contributed by atoms with Gasteiger partial charge in [0.15, 0.2) is 0 Å². The van der Waals surface area contributed by atoms with Gasteiger partial charge in [0.2, 0.25) is 0 Å². The van der Waals surface area contributed by atoms with Crippen LogP contribution in [0, 0.1) is 11.6 Å². The summed E-state index contributed by atoms with van der Waals surface area (Å²) in [6.07, 6.45) is 0. The highest BCUT2D eigenvalue weighted by atomic mass is 79.9. The maximum atomic E-state index is 14.1. The van der Waals surface area contributed by atoms with Crippen molar-refractivity contribution in [2.75, 3.05) is 7.11 Å². The van der Waals surface area contributed by atoms with Crippen LogP contribution in [0.15, 0.2) is 34.8 Å². The Morgan fingerprint density at radius 3 is 2.60 bits per heavy atom. The number of nitrogens with two attached hydrogens (primary N) is 1. The van der Waals surface area contributed by atoms with Crippen LogP contribution in [-0.4, -0.2) is 7.11 Å². The van der Waals surface area contributed by atoms with Crippen LogP contribution >= 0.6 is 27.5 Å². The van der Waals surface area contributed by atoms with E-state index in [0.717, 1.165) is 6.07 Å². The molecule has 2 aromatic carbocycles. The lowest BCUT2D eigenvalue weighted by Gasteiger charge is -2.18. The maximum Gasteiger partial charge on any atom is 0.145 e. The lowest BCUT2D eigenvalue weighted by atomic mass is 9.97. The fourth-order valence-corrected chi connectivity index (χ4v) is 2.46. The van der Waals surface area contributed by atoms with Gasteiger partial charge in [-0.1, -0.05) is 11.6 Å². The first-order valence-corrected chi connectivity index (χ1v) is 6.85. The predicted molar refractivity (Wildman–Crippen MR) is 78.1 cm³/mol. The third kappa shape index (κ3) is 2.80. The van der Waals surface area contributed by atoms with Crippen LogP contribution < -0.4 is 10.5 Å². The molecule has 6 heteroatoms. The summed E-state index contributed by atoms with van der Waals surface area (Å²) in [6, 6.07) is 6.16. The van der Waals surface area contributed by atoms with E-state index in [1.165, 1.54) is 19.2 Å². The molecule has 2 N–H and O–H groups in total. The molecular formula is C14H11BrClF2NO.